The van der Waals surface area contributed by atoms with Gasteiger partial charge in [-0.05, 0) is 37.7 Å². The van der Waals surface area contributed by atoms with Gasteiger partial charge in [-0.2, -0.15) is 0 Å². The van der Waals surface area contributed by atoms with E-state index in [1.165, 1.54) is 11.3 Å². The number of carbonyl (C=O) groups is 1. The normalized spacial score (nSPS) is 21.5. The Morgan fingerprint density at radius 2 is 2.17 bits per heavy atom. The summed E-state index contributed by atoms with van der Waals surface area (Å²) in [5.41, 5.74) is 1.69. The molecule has 1 fully saturated rings. The van der Waals surface area contributed by atoms with E-state index in [0.717, 1.165) is 35.5 Å². The molecular formula is C19H20ClN5O3S2. The van der Waals surface area contributed by atoms with Gasteiger partial charge in [-0.15, -0.1) is 11.3 Å². The minimum atomic E-state index is -3.73. The van der Waals surface area contributed by atoms with E-state index in [1.54, 1.807) is 24.3 Å². The maximum absolute atomic E-state index is 12.7. The lowest BCUT2D eigenvalue weighted by molar-refractivity contribution is 0.0949. The van der Waals surface area contributed by atoms with Crippen molar-refractivity contribution in [2.45, 2.75) is 36.5 Å². The number of H-pyrrole nitrogens is 1. The van der Waals surface area contributed by atoms with E-state index in [0.29, 0.717) is 22.0 Å². The third-order valence-corrected chi connectivity index (χ3v) is 8.11. The van der Waals surface area contributed by atoms with Crippen molar-refractivity contribution in [2.24, 2.45) is 0 Å². The number of fused-ring (bicyclic) bond motifs is 2. The van der Waals surface area contributed by atoms with Gasteiger partial charge in [0.15, 0.2) is 5.01 Å². The summed E-state index contributed by atoms with van der Waals surface area (Å²) in [6, 6.07) is 6.12. The molecule has 1 aliphatic heterocycles. The number of rotatable bonds is 5. The SMILES string of the molecule is CN1CCc2nc(C(=O)N[C@@H]3C[C@@H]3NS(=O)(=O)c3cc4cc(Cl)ccc4[nH]3)sc2C1. The zero-order chi connectivity index (χ0) is 21.0. The van der Waals surface area contributed by atoms with Gasteiger partial charge in [0.05, 0.1) is 5.69 Å². The number of carbonyl (C=O) groups excluding carboxylic acids is 1. The minimum absolute atomic E-state index is 0.0773. The molecule has 11 heteroatoms. The van der Waals surface area contributed by atoms with Crippen LogP contribution in [0.3, 0.4) is 0 Å². The highest BCUT2D eigenvalue weighted by Crippen LogP contribution is 2.28. The van der Waals surface area contributed by atoms with Gasteiger partial charge in [0, 0.05) is 52.4 Å². The summed E-state index contributed by atoms with van der Waals surface area (Å²) in [6.45, 7) is 1.74. The predicted octanol–water partition coefficient (Wildman–Crippen LogP) is 2.11. The third-order valence-electron chi connectivity index (χ3n) is 5.38. The highest BCUT2D eigenvalue weighted by atomic mass is 35.5. The Bertz CT molecular complexity index is 1250. The molecule has 0 radical (unpaired) electrons. The maximum Gasteiger partial charge on any atom is 0.280 e. The van der Waals surface area contributed by atoms with Crippen LogP contribution in [-0.2, 0) is 23.0 Å². The molecular weight excluding hydrogens is 446 g/mol. The first-order valence-electron chi connectivity index (χ1n) is 9.57. The molecule has 1 amide bonds. The Balaban J connectivity index is 1.23. The number of hydrogen-bond acceptors (Lipinski definition) is 6. The van der Waals surface area contributed by atoms with Crippen LogP contribution in [0.1, 0.15) is 26.8 Å². The van der Waals surface area contributed by atoms with Gasteiger partial charge in [0.1, 0.15) is 5.03 Å². The molecule has 8 nitrogen and oxygen atoms in total. The molecule has 3 heterocycles. The standard InChI is InChI=1S/C19H20ClN5O3S2/c1-25-5-4-13-16(9-25)29-19(23-13)18(26)22-14-8-15(14)24-30(27,28)17-7-10-6-11(20)2-3-12(10)21-17/h2-3,6-7,14-15,21,24H,4-5,8-9H2,1H3,(H,22,26)/t14-,15+/m1/s1. The van der Waals surface area contributed by atoms with Gasteiger partial charge in [-0.3, -0.25) is 4.79 Å². The molecule has 2 atom stereocenters. The number of nitrogens with one attached hydrogen (secondary N) is 3. The summed E-state index contributed by atoms with van der Waals surface area (Å²) in [7, 11) is -1.69. The largest absolute Gasteiger partial charge is 0.346 e. The number of hydrogen-bond donors (Lipinski definition) is 3. The van der Waals surface area contributed by atoms with Crippen molar-refractivity contribution in [3.05, 3.63) is 44.9 Å². The van der Waals surface area contributed by atoms with E-state index < -0.39 is 10.0 Å². The molecule has 0 spiro atoms. The minimum Gasteiger partial charge on any atom is -0.346 e. The summed E-state index contributed by atoms with van der Waals surface area (Å²) in [6.07, 6.45) is 1.39. The number of amides is 1. The molecule has 2 aromatic heterocycles. The third kappa shape index (κ3) is 3.85. The highest BCUT2D eigenvalue weighted by Gasteiger charge is 2.42. The van der Waals surface area contributed by atoms with Crippen molar-refractivity contribution in [3.63, 3.8) is 0 Å². The summed E-state index contributed by atoms with van der Waals surface area (Å²) in [5, 5.41) is 4.67. The fourth-order valence-corrected chi connectivity index (χ4v) is 6.20. The molecule has 3 aromatic rings. The summed E-state index contributed by atoms with van der Waals surface area (Å²) >= 11 is 7.38. The van der Waals surface area contributed by atoms with Crippen molar-refractivity contribution in [3.8, 4) is 0 Å². The second kappa shape index (κ2) is 7.31. The molecule has 30 heavy (non-hydrogen) atoms. The quantitative estimate of drug-likeness (QED) is 0.535. The average molecular weight is 466 g/mol. The Labute approximate surface area is 182 Å². The number of aromatic nitrogens is 2. The lowest BCUT2D eigenvalue weighted by Crippen LogP contribution is -2.34. The lowest BCUT2D eigenvalue weighted by atomic mass is 10.2. The van der Waals surface area contributed by atoms with Crippen LogP contribution < -0.4 is 10.0 Å². The number of nitrogens with zero attached hydrogens (tertiary/aromatic N) is 2. The topological polar surface area (TPSA) is 107 Å². The number of aromatic amines is 1. The highest BCUT2D eigenvalue weighted by molar-refractivity contribution is 7.89. The first-order valence-corrected chi connectivity index (χ1v) is 12.2. The summed E-state index contributed by atoms with van der Waals surface area (Å²) < 4.78 is 28.1. The van der Waals surface area contributed by atoms with Crippen LogP contribution in [0.15, 0.2) is 29.3 Å². The van der Waals surface area contributed by atoms with Gasteiger partial charge >= 0.3 is 0 Å². The van der Waals surface area contributed by atoms with Crippen LogP contribution in [0.2, 0.25) is 5.02 Å². The first kappa shape index (κ1) is 20.0. The van der Waals surface area contributed by atoms with E-state index in [2.05, 4.69) is 24.9 Å². The Kier molecular flexibility index (Phi) is 4.86. The molecule has 1 aliphatic carbocycles. The molecule has 5 rings (SSSR count). The van der Waals surface area contributed by atoms with Gasteiger partial charge in [-0.25, -0.2) is 18.1 Å². The molecule has 0 unspecified atom stereocenters. The van der Waals surface area contributed by atoms with Crippen molar-refractivity contribution in [2.75, 3.05) is 13.6 Å². The van der Waals surface area contributed by atoms with E-state index >= 15 is 0 Å². The lowest BCUT2D eigenvalue weighted by Gasteiger charge is -2.20. The fraction of sp³-hybridized carbons (Fsp3) is 0.368. The van der Waals surface area contributed by atoms with E-state index in [-0.39, 0.29) is 23.0 Å². The van der Waals surface area contributed by atoms with Gasteiger partial charge in [-0.1, -0.05) is 11.6 Å². The summed E-state index contributed by atoms with van der Waals surface area (Å²) in [4.78, 5) is 23.2. The van der Waals surface area contributed by atoms with Crippen LogP contribution in [0, 0.1) is 0 Å². The number of sulfonamides is 1. The Morgan fingerprint density at radius 1 is 1.33 bits per heavy atom. The molecule has 0 saturated heterocycles. The van der Waals surface area contributed by atoms with Crippen LogP contribution in [0.4, 0.5) is 0 Å². The first-order chi connectivity index (χ1) is 14.3. The van der Waals surface area contributed by atoms with Gasteiger partial charge < -0.3 is 15.2 Å². The second-order valence-electron chi connectivity index (χ2n) is 7.79. The Morgan fingerprint density at radius 3 is 3.00 bits per heavy atom. The van der Waals surface area contributed by atoms with Gasteiger partial charge in [0.25, 0.3) is 15.9 Å². The van der Waals surface area contributed by atoms with E-state index in [9.17, 15) is 13.2 Å². The van der Waals surface area contributed by atoms with Crippen LogP contribution in [0.5, 0.6) is 0 Å². The zero-order valence-corrected chi connectivity index (χ0v) is 18.5. The molecule has 0 bridgehead atoms. The van der Waals surface area contributed by atoms with Crippen molar-refractivity contribution in [1.29, 1.82) is 0 Å². The maximum atomic E-state index is 12.7. The van der Waals surface area contributed by atoms with E-state index in [1.807, 2.05) is 7.05 Å². The second-order valence-corrected chi connectivity index (χ2v) is 11.0. The van der Waals surface area contributed by atoms with Crippen LogP contribution in [0.25, 0.3) is 10.9 Å². The monoisotopic (exact) mass is 465 g/mol. The molecule has 158 valence electrons. The van der Waals surface area contributed by atoms with E-state index in [4.69, 9.17) is 11.6 Å². The molecule has 1 aromatic carbocycles. The fourth-order valence-electron chi connectivity index (χ4n) is 3.62. The number of benzene rings is 1. The Hall–Kier alpha value is -1.98. The molecule has 3 N–H and O–H groups in total. The van der Waals surface area contributed by atoms with Crippen molar-refractivity contribution < 1.29 is 13.2 Å². The number of likely N-dealkylation sites (N-methyl/N-ethyl adjacent to an activating group) is 1. The van der Waals surface area contributed by atoms with Gasteiger partial charge in [0.2, 0.25) is 0 Å². The average Bonchev–Trinajstić information content (AvgIpc) is 3.09. The molecule has 1 saturated carbocycles. The van der Waals surface area contributed by atoms with Crippen LogP contribution in [-0.4, -0.2) is 54.9 Å². The summed E-state index contributed by atoms with van der Waals surface area (Å²) in [5.74, 6) is -0.246. The van der Waals surface area contributed by atoms with Crippen molar-refractivity contribution >= 4 is 49.8 Å². The zero-order valence-electron chi connectivity index (χ0n) is 16.1. The number of thiazole rings is 1. The van der Waals surface area contributed by atoms with Crippen molar-refractivity contribution in [1.82, 2.24) is 24.9 Å². The predicted molar refractivity (Wildman–Crippen MR) is 115 cm³/mol. The smallest absolute Gasteiger partial charge is 0.280 e. The molecule has 2 aliphatic rings. The van der Waals surface area contributed by atoms with Crippen LogP contribution >= 0.6 is 22.9 Å². The number of halogens is 1.